The van der Waals surface area contributed by atoms with Crippen LogP contribution < -0.4 is 0 Å². The number of carbonyl (C=O) groups excluding carboxylic acids is 1. The van der Waals surface area contributed by atoms with Crippen LogP contribution in [-0.4, -0.2) is 19.5 Å². The quantitative estimate of drug-likeness (QED) is 0.322. The highest BCUT2D eigenvalue weighted by atomic mass is 79.9. The van der Waals surface area contributed by atoms with Crippen molar-refractivity contribution in [2.24, 2.45) is 5.41 Å². The molecule has 0 radical (unpaired) electrons. The van der Waals surface area contributed by atoms with Crippen molar-refractivity contribution in [2.45, 2.75) is 13.2 Å². The molecule has 30 heavy (non-hydrogen) atoms. The average molecular weight is 465 g/mol. The molecule has 0 spiro atoms. The first-order chi connectivity index (χ1) is 14.7. The molecule has 0 atom stereocenters. The minimum absolute atomic E-state index is 0.237. The van der Waals surface area contributed by atoms with Crippen LogP contribution in [0.2, 0.25) is 0 Å². The Kier molecular flexibility index (Phi) is 8.57. The largest absolute Gasteiger partial charge is 0.375 e. The fourth-order valence-electron chi connectivity index (χ4n) is 2.98. The van der Waals surface area contributed by atoms with Crippen LogP contribution in [0.5, 0.6) is 0 Å². The van der Waals surface area contributed by atoms with E-state index in [1.165, 1.54) is 0 Å². The van der Waals surface area contributed by atoms with E-state index in [2.05, 4.69) is 15.9 Å². The molecule has 0 bridgehead atoms. The summed E-state index contributed by atoms with van der Waals surface area (Å²) in [5, 5.41) is 0. The topological polar surface area (TPSA) is 35.5 Å². The summed E-state index contributed by atoms with van der Waals surface area (Å²) >= 11 is 3.55. The van der Waals surface area contributed by atoms with Crippen LogP contribution in [0.3, 0.4) is 0 Å². The van der Waals surface area contributed by atoms with E-state index in [0.29, 0.717) is 13.2 Å². The molecule has 0 amide bonds. The Hall–Kier alpha value is -2.53. The highest BCUT2D eigenvalue weighted by Gasteiger charge is 2.28. The normalized spacial score (nSPS) is 11.6. The van der Waals surface area contributed by atoms with Crippen molar-refractivity contribution in [1.29, 1.82) is 0 Å². The summed E-state index contributed by atoms with van der Waals surface area (Å²) in [4.78, 5) is 12.2. The van der Waals surface area contributed by atoms with Crippen LogP contribution >= 0.6 is 15.9 Å². The Labute approximate surface area is 186 Å². The second kappa shape index (κ2) is 11.6. The molecule has 0 fully saturated rings. The van der Waals surface area contributed by atoms with Gasteiger partial charge in [-0.1, -0.05) is 107 Å². The summed E-state index contributed by atoms with van der Waals surface area (Å²) in [6.45, 7) is 1.36. The van der Waals surface area contributed by atoms with Gasteiger partial charge in [-0.25, -0.2) is 0 Å². The fraction of sp³-hybridized carbons (Fsp3) is 0.192. The van der Waals surface area contributed by atoms with Crippen LogP contribution in [-0.2, 0) is 27.5 Å². The Morgan fingerprint density at radius 1 is 0.733 bits per heavy atom. The van der Waals surface area contributed by atoms with Gasteiger partial charge in [0.05, 0.1) is 31.8 Å². The SMILES string of the molecule is O=CC(/C=C/c1ccccc1Br)(COCc1ccccc1)COCc1ccccc1. The van der Waals surface area contributed by atoms with Gasteiger partial charge in [-0.2, -0.15) is 0 Å². The van der Waals surface area contributed by atoms with E-state index in [9.17, 15) is 4.79 Å². The number of aldehydes is 1. The van der Waals surface area contributed by atoms with Crippen molar-refractivity contribution in [3.05, 3.63) is 112 Å². The number of rotatable bonds is 11. The zero-order valence-electron chi connectivity index (χ0n) is 16.7. The molecule has 0 aliphatic carbocycles. The molecule has 3 rings (SSSR count). The predicted octanol–water partition coefficient (Wildman–Crippen LogP) is 6.08. The van der Waals surface area contributed by atoms with E-state index in [4.69, 9.17) is 9.47 Å². The smallest absolute Gasteiger partial charge is 0.134 e. The Bertz CT molecular complexity index is 893. The molecule has 0 N–H and O–H groups in total. The van der Waals surface area contributed by atoms with Crippen LogP contribution in [0, 0.1) is 5.41 Å². The van der Waals surface area contributed by atoms with Gasteiger partial charge in [-0.05, 0) is 22.8 Å². The number of halogens is 1. The lowest BCUT2D eigenvalue weighted by atomic mass is 9.90. The van der Waals surface area contributed by atoms with E-state index < -0.39 is 5.41 Å². The van der Waals surface area contributed by atoms with E-state index >= 15 is 0 Å². The molecule has 4 heteroatoms. The van der Waals surface area contributed by atoms with E-state index in [-0.39, 0.29) is 13.2 Å². The lowest BCUT2D eigenvalue weighted by Gasteiger charge is -2.24. The van der Waals surface area contributed by atoms with Gasteiger partial charge >= 0.3 is 0 Å². The summed E-state index contributed by atoms with van der Waals surface area (Å²) in [6.07, 6.45) is 4.75. The van der Waals surface area contributed by atoms with E-state index in [1.54, 1.807) is 0 Å². The first-order valence-electron chi connectivity index (χ1n) is 9.84. The Balaban J connectivity index is 1.70. The van der Waals surface area contributed by atoms with Gasteiger partial charge in [0, 0.05) is 4.47 Å². The minimum Gasteiger partial charge on any atom is -0.375 e. The van der Waals surface area contributed by atoms with Gasteiger partial charge in [0.1, 0.15) is 6.29 Å². The number of carbonyl (C=O) groups is 1. The van der Waals surface area contributed by atoms with Gasteiger partial charge in [-0.15, -0.1) is 0 Å². The summed E-state index contributed by atoms with van der Waals surface area (Å²) in [5.41, 5.74) is 2.25. The Morgan fingerprint density at radius 3 is 1.73 bits per heavy atom. The Morgan fingerprint density at radius 2 is 1.23 bits per heavy atom. The van der Waals surface area contributed by atoms with Crippen molar-refractivity contribution in [3.8, 4) is 0 Å². The lowest BCUT2D eigenvalue weighted by Crippen LogP contribution is -2.32. The van der Waals surface area contributed by atoms with Crippen molar-refractivity contribution >= 4 is 28.3 Å². The van der Waals surface area contributed by atoms with Crippen molar-refractivity contribution in [2.75, 3.05) is 13.2 Å². The number of hydrogen-bond donors (Lipinski definition) is 0. The molecule has 3 aromatic carbocycles. The highest BCUT2D eigenvalue weighted by Crippen LogP contribution is 2.24. The second-order valence-electron chi connectivity index (χ2n) is 7.16. The molecular formula is C26H25BrO3. The standard InChI is InChI=1S/C26H25BrO3/c27-25-14-8-7-13-24(25)15-16-26(19-28,20-29-17-22-9-3-1-4-10-22)21-30-18-23-11-5-2-6-12-23/h1-16,19H,17-18,20-21H2/b16-15+. The van der Waals surface area contributed by atoms with Crippen molar-refractivity contribution < 1.29 is 14.3 Å². The molecule has 3 nitrogen and oxygen atoms in total. The van der Waals surface area contributed by atoms with Gasteiger partial charge in [0.25, 0.3) is 0 Å². The van der Waals surface area contributed by atoms with Crippen LogP contribution in [0.15, 0.2) is 95.5 Å². The zero-order valence-corrected chi connectivity index (χ0v) is 18.3. The molecule has 0 heterocycles. The number of benzene rings is 3. The average Bonchev–Trinajstić information content (AvgIpc) is 2.79. The fourth-order valence-corrected chi connectivity index (χ4v) is 3.39. The van der Waals surface area contributed by atoms with Crippen LogP contribution in [0.25, 0.3) is 6.08 Å². The molecule has 3 aromatic rings. The number of ether oxygens (including phenoxy) is 2. The van der Waals surface area contributed by atoms with Crippen molar-refractivity contribution in [1.82, 2.24) is 0 Å². The van der Waals surface area contributed by atoms with Gasteiger partial charge in [0.2, 0.25) is 0 Å². The molecule has 0 aliphatic heterocycles. The lowest BCUT2D eigenvalue weighted by molar-refractivity contribution is -0.121. The molecular weight excluding hydrogens is 440 g/mol. The molecule has 0 unspecified atom stereocenters. The zero-order chi connectivity index (χ0) is 21.1. The first kappa shape index (κ1) is 22.2. The maximum absolute atomic E-state index is 12.2. The third-order valence-corrected chi connectivity index (χ3v) is 5.42. The van der Waals surface area contributed by atoms with Gasteiger partial charge in [-0.3, -0.25) is 0 Å². The minimum atomic E-state index is -0.876. The third-order valence-electron chi connectivity index (χ3n) is 4.70. The van der Waals surface area contributed by atoms with E-state index in [0.717, 1.165) is 27.4 Å². The first-order valence-corrected chi connectivity index (χ1v) is 10.6. The molecule has 0 saturated heterocycles. The summed E-state index contributed by atoms with van der Waals surface area (Å²) in [6, 6.07) is 27.7. The molecule has 0 aliphatic rings. The predicted molar refractivity (Wildman–Crippen MR) is 124 cm³/mol. The summed E-state index contributed by atoms with van der Waals surface area (Å²) in [5.74, 6) is 0. The summed E-state index contributed by atoms with van der Waals surface area (Å²) < 4.78 is 12.8. The van der Waals surface area contributed by atoms with Crippen LogP contribution in [0.4, 0.5) is 0 Å². The monoisotopic (exact) mass is 464 g/mol. The maximum atomic E-state index is 12.2. The van der Waals surface area contributed by atoms with Gasteiger partial charge < -0.3 is 14.3 Å². The molecule has 0 saturated carbocycles. The third kappa shape index (κ3) is 6.77. The molecule has 0 aromatic heterocycles. The van der Waals surface area contributed by atoms with Crippen molar-refractivity contribution in [3.63, 3.8) is 0 Å². The second-order valence-corrected chi connectivity index (χ2v) is 8.02. The maximum Gasteiger partial charge on any atom is 0.134 e. The van der Waals surface area contributed by atoms with E-state index in [1.807, 2.05) is 97.1 Å². The number of hydrogen-bond acceptors (Lipinski definition) is 3. The van der Waals surface area contributed by atoms with Crippen LogP contribution in [0.1, 0.15) is 16.7 Å². The highest BCUT2D eigenvalue weighted by molar-refractivity contribution is 9.10. The summed E-state index contributed by atoms with van der Waals surface area (Å²) in [7, 11) is 0. The molecule has 154 valence electrons. The van der Waals surface area contributed by atoms with Gasteiger partial charge in [0.15, 0.2) is 0 Å².